The molecular formula is C15H21FN2O3S. The van der Waals surface area contributed by atoms with Gasteiger partial charge in [0, 0.05) is 26.6 Å². The average Bonchev–Trinajstić information content (AvgIpc) is 2.44. The standard InChI is InChI=1S/C15H21FN2O3S/c1-11-7-14(16)9-15(8-11)22(20,21)18-5-3-13(4-6-18)10-17-12(2)19/h7-9,13H,3-6,10H2,1-2H3,(H,17,19). The molecule has 122 valence electrons. The van der Waals surface area contributed by atoms with Gasteiger partial charge < -0.3 is 5.32 Å². The highest BCUT2D eigenvalue weighted by atomic mass is 32.2. The Balaban J connectivity index is 2.04. The minimum absolute atomic E-state index is 0.00492. The monoisotopic (exact) mass is 328 g/mol. The van der Waals surface area contributed by atoms with Crippen molar-refractivity contribution in [1.29, 1.82) is 0 Å². The maximum atomic E-state index is 13.4. The summed E-state index contributed by atoms with van der Waals surface area (Å²) in [5, 5.41) is 2.76. The van der Waals surface area contributed by atoms with E-state index >= 15 is 0 Å². The van der Waals surface area contributed by atoms with Crippen molar-refractivity contribution in [1.82, 2.24) is 9.62 Å². The van der Waals surface area contributed by atoms with Gasteiger partial charge in [-0.15, -0.1) is 0 Å². The van der Waals surface area contributed by atoms with Crippen LogP contribution in [-0.4, -0.2) is 38.3 Å². The Morgan fingerprint density at radius 1 is 1.32 bits per heavy atom. The van der Waals surface area contributed by atoms with Crippen molar-refractivity contribution >= 4 is 15.9 Å². The van der Waals surface area contributed by atoms with Crippen molar-refractivity contribution in [3.63, 3.8) is 0 Å². The third-order valence-corrected chi connectivity index (χ3v) is 5.74. The first-order chi connectivity index (χ1) is 10.3. The van der Waals surface area contributed by atoms with E-state index in [1.54, 1.807) is 6.92 Å². The molecule has 1 heterocycles. The summed E-state index contributed by atoms with van der Waals surface area (Å²) in [6.45, 7) is 4.49. The fourth-order valence-electron chi connectivity index (χ4n) is 2.64. The lowest BCUT2D eigenvalue weighted by Crippen LogP contribution is -2.41. The van der Waals surface area contributed by atoms with Gasteiger partial charge in [-0.05, 0) is 49.4 Å². The molecule has 0 radical (unpaired) electrons. The molecule has 1 aromatic rings. The van der Waals surface area contributed by atoms with E-state index in [0.29, 0.717) is 38.0 Å². The van der Waals surface area contributed by atoms with Gasteiger partial charge in [-0.2, -0.15) is 4.31 Å². The number of carbonyl (C=O) groups is 1. The highest BCUT2D eigenvalue weighted by Crippen LogP contribution is 2.24. The zero-order chi connectivity index (χ0) is 16.3. The number of sulfonamides is 1. The van der Waals surface area contributed by atoms with Crippen LogP contribution >= 0.6 is 0 Å². The molecule has 0 unspecified atom stereocenters. The van der Waals surface area contributed by atoms with Gasteiger partial charge in [0.2, 0.25) is 15.9 Å². The molecular weight excluding hydrogens is 307 g/mol. The first-order valence-corrected chi connectivity index (χ1v) is 8.75. The quantitative estimate of drug-likeness (QED) is 0.914. The van der Waals surface area contributed by atoms with Crippen molar-refractivity contribution in [2.24, 2.45) is 5.92 Å². The summed E-state index contributed by atoms with van der Waals surface area (Å²) < 4.78 is 39.9. The Morgan fingerprint density at radius 3 is 2.50 bits per heavy atom. The van der Waals surface area contributed by atoms with Gasteiger partial charge in [-0.25, -0.2) is 12.8 Å². The van der Waals surface area contributed by atoms with Crippen molar-refractivity contribution in [2.45, 2.75) is 31.6 Å². The SMILES string of the molecule is CC(=O)NCC1CCN(S(=O)(=O)c2cc(C)cc(F)c2)CC1. The number of halogens is 1. The summed E-state index contributed by atoms with van der Waals surface area (Å²) >= 11 is 0. The smallest absolute Gasteiger partial charge is 0.243 e. The predicted molar refractivity (Wildman–Crippen MR) is 81.3 cm³/mol. The fourth-order valence-corrected chi connectivity index (χ4v) is 4.23. The second-order valence-corrected chi connectivity index (χ2v) is 7.69. The van der Waals surface area contributed by atoms with Crippen LogP contribution in [0.15, 0.2) is 23.1 Å². The number of amides is 1. The second-order valence-electron chi connectivity index (χ2n) is 5.75. The third kappa shape index (κ3) is 4.04. The molecule has 1 aliphatic rings. The Labute approximate surface area is 130 Å². The number of nitrogens with one attached hydrogen (secondary N) is 1. The number of nitrogens with zero attached hydrogens (tertiary/aromatic N) is 1. The van der Waals surface area contributed by atoms with Crippen LogP contribution in [0.5, 0.6) is 0 Å². The maximum Gasteiger partial charge on any atom is 0.243 e. The summed E-state index contributed by atoms with van der Waals surface area (Å²) in [4.78, 5) is 10.9. The summed E-state index contributed by atoms with van der Waals surface area (Å²) in [7, 11) is -3.66. The van der Waals surface area contributed by atoms with Crippen LogP contribution in [0, 0.1) is 18.7 Å². The number of carbonyl (C=O) groups excluding carboxylic acids is 1. The Morgan fingerprint density at radius 2 is 1.95 bits per heavy atom. The average molecular weight is 328 g/mol. The summed E-state index contributed by atoms with van der Waals surface area (Å²) in [5.41, 5.74) is 0.583. The van der Waals surface area contributed by atoms with E-state index in [0.717, 1.165) is 6.07 Å². The van der Waals surface area contributed by atoms with Crippen LogP contribution in [0.25, 0.3) is 0 Å². The van der Waals surface area contributed by atoms with Gasteiger partial charge in [0.05, 0.1) is 4.90 Å². The van der Waals surface area contributed by atoms with E-state index in [1.165, 1.54) is 23.4 Å². The molecule has 1 N–H and O–H groups in total. The van der Waals surface area contributed by atoms with Crippen LogP contribution in [0.1, 0.15) is 25.3 Å². The molecule has 0 atom stereocenters. The third-order valence-electron chi connectivity index (χ3n) is 3.87. The molecule has 0 bridgehead atoms. The Hall–Kier alpha value is -1.47. The minimum atomic E-state index is -3.66. The van der Waals surface area contributed by atoms with Crippen molar-refractivity contribution in [3.8, 4) is 0 Å². The van der Waals surface area contributed by atoms with Gasteiger partial charge >= 0.3 is 0 Å². The van der Waals surface area contributed by atoms with Crippen molar-refractivity contribution in [3.05, 3.63) is 29.6 Å². The molecule has 0 saturated carbocycles. The van der Waals surface area contributed by atoms with Crippen LogP contribution in [0.2, 0.25) is 0 Å². The molecule has 22 heavy (non-hydrogen) atoms. The number of rotatable bonds is 4. The lowest BCUT2D eigenvalue weighted by atomic mass is 9.98. The topological polar surface area (TPSA) is 66.5 Å². The molecule has 7 heteroatoms. The lowest BCUT2D eigenvalue weighted by Gasteiger charge is -2.31. The number of aryl methyl sites for hydroxylation is 1. The molecule has 1 saturated heterocycles. The van der Waals surface area contributed by atoms with E-state index in [9.17, 15) is 17.6 Å². The molecule has 1 amide bonds. The number of benzene rings is 1. The number of hydrogen-bond donors (Lipinski definition) is 1. The molecule has 1 fully saturated rings. The predicted octanol–water partition coefficient (Wildman–Crippen LogP) is 1.67. The minimum Gasteiger partial charge on any atom is -0.356 e. The van der Waals surface area contributed by atoms with Gasteiger partial charge in [-0.3, -0.25) is 4.79 Å². The van der Waals surface area contributed by atoms with E-state index in [1.807, 2.05) is 0 Å². The van der Waals surface area contributed by atoms with Gasteiger partial charge in [0.1, 0.15) is 5.82 Å². The first kappa shape index (κ1) is 16.9. The fraction of sp³-hybridized carbons (Fsp3) is 0.533. The molecule has 0 aliphatic carbocycles. The summed E-state index contributed by atoms with van der Waals surface area (Å²) in [5.74, 6) is -0.339. The highest BCUT2D eigenvalue weighted by molar-refractivity contribution is 7.89. The zero-order valence-electron chi connectivity index (χ0n) is 12.8. The van der Waals surface area contributed by atoms with Crippen molar-refractivity contribution < 1.29 is 17.6 Å². The maximum absolute atomic E-state index is 13.4. The van der Waals surface area contributed by atoms with Gasteiger partial charge in [0.15, 0.2) is 0 Å². The highest BCUT2D eigenvalue weighted by Gasteiger charge is 2.29. The molecule has 2 rings (SSSR count). The Bertz CT molecular complexity index is 633. The molecule has 5 nitrogen and oxygen atoms in total. The molecule has 0 aromatic heterocycles. The Kier molecular flexibility index (Phi) is 5.18. The van der Waals surface area contributed by atoms with Crippen LogP contribution in [0.4, 0.5) is 4.39 Å². The summed E-state index contributed by atoms with van der Waals surface area (Å²) in [6.07, 6.45) is 1.38. The summed E-state index contributed by atoms with van der Waals surface area (Å²) in [6, 6.07) is 3.85. The van der Waals surface area contributed by atoms with E-state index < -0.39 is 15.8 Å². The van der Waals surface area contributed by atoms with E-state index in [-0.39, 0.29) is 16.7 Å². The van der Waals surface area contributed by atoms with Crippen LogP contribution in [-0.2, 0) is 14.8 Å². The normalized spacial score (nSPS) is 17.4. The van der Waals surface area contributed by atoms with Crippen LogP contribution < -0.4 is 5.32 Å². The van der Waals surface area contributed by atoms with Crippen molar-refractivity contribution in [2.75, 3.05) is 19.6 Å². The molecule has 0 spiro atoms. The number of piperidine rings is 1. The van der Waals surface area contributed by atoms with Gasteiger partial charge in [0.25, 0.3) is 0 Å². The number of hydrogen-bond acceptors (Lipinski definition) is 3. The second kappa shape index (κ2) is 6.75. The lowest BCUT2D eigenvalue weighted by molar-refractivity contribution is -0.119. The molecule has 1 aromatic carbocycles. The van der Waals surface area contributed by atoms with Gasteiger partial charge in [-0.1, -0.05) is 0 Å². The zero-order valence-corrected chi connectivity index (χ0v) is 13.6. The molecule has 1 aliphatic heterocycles. The first-order valence-electron chi connectivity index (χ1n) is 7.31. The van der Waals surface area contributed by atoms with Crippen LogP contribution in [0.3, 0.4) is 0 Å². The largest absolute Gasteiger partial charge is 0.356 e. The van der Waals surface area contributed by atoms with E-state index in [4.69, 9.17) is 0 Å². The van der Waals surface area contributed by atoms with E-state index in [2.05, 4.69) is 5.32 Å².